The fraction of sp³-hybridized carbons (Fsp3) is 1.00. The predicted molar refractivity (Wildman–Crippen MR) is 59.5 cm³/mol. The van der Waals surface area contributed by atoms with E-state index < -0.39 is 0 Å². The summed E-state index contributed by atoms with van der Waals surface area (Å²) in [5, 5.41) is 0. The number of hydrogen-bond donors (Lipinski definition) is 0. The lowest BCUT2D eigenvalue weighted by Crippen LogP contribution is -2.52. The summed E-state index contributed by atoms with van der Waals surface area (Å²) in [4.78, 5) is 0. The molecule has 4 heteroatoms. The number of methoxy groups -OCH3 is 2. The summed E-state index contributed by atoms with van der Waals surface area (Å²) in [7, 11) is 3.45. The molecule has 5 atom stereocenters. The normalized spacial score (nSPS) is 45.4. The third kappa shape index (κ3) is 1.68. The third-order valence-electron chi connectivity index (χ3n) is 3.97. The highest BCUT2D eigenvalue weighted by atomic mass is 16.6. The molecule has 2 bridgehead atoms. The van der Waals surface area contributed by atoms with Crippen molar-refractivity contribution in [3.05, 3.63) is 0 Å². The van der Waals surface area contributed by atoms with Gasteiger partial charge in [0.1, 0.15) is 17.8 Å². The minimum absolute atomic E-state index is 0.0200. The molecular weight excluding hydrogens is 208 g/mol. The molecule has 5 unspecified atom stereocenters. The van der Waals surface area contributed by atoms with Crippen LogP contribution in [0.5, 0.6) is 0 Å². The first-order valence-electron chi connectivity index (χ1n) is 6.00. The van der Waals surface area contributed by atoms with Crippen molar-refractivity contribution in [1.82, 2.24) is 0 Å². The third-order valence-corrected chi connectivity index (χ3v) is 3.97. The molecule has 2 fully saturated rings. The van der Waals surface area contributed by atoms with Gasteiger partial charge < -0.3 is 18.9 Å². The fourth-order valence-corrected chi connectivity index (χ4v) is 3.06. The van der Waals surface area contributed by atoms with E-state index >= 15 is 0 Å². The van der Waals surface area contributed by atoms with Crippen LogP contribution in [-0.2, 0) is 18.9 Å². The van der Waals surface area contributed by atoms with Crippen LogP contribution in [-0.4, -0.2) is 50.8 Å². The molecule has 0 aromatic carbocycles. The second kappa shape index (κ2) is 4.61. The van der Waals surface area contributed by atoms with Gasteiger partial charge in [0.05, 0.1) is 12.2 Å². The van der Waals surface area contributed by atoms with Crippen molar-refractivity contribution in [3.8, 4) is 0 Å². The maximum absolute atomic E-state index is 6.13. The Morgan fingerprint density at radius 3 is 2.75 bits per heavy atom. The van der Waals surface area contributed by atoms with E-state index in [0.717, 1.165) is 19.4 Å². The lowest BCUT2D eigenvalue weighted by atomic mass is 9.86. The van der Waals surface area contributed by atoms with Crippen LogP contribution >= 0.6 is 0 Å². The highest BCUT2D eigenvalue weighted by molar-refractivity contribution is 5.07. The van der Waals surface area contributed by atoms with Gasteiger partial charge in [0.2, 0.25) is 0 Å². The maximum atomic E-state index is 6.13. The Bertz CT molecular complexity index is 245. The van der Waals surface area contributed by atoms with Gasteiger partial charge in [-0.1, -0.05) is 0 Å². The molecule has 16 heavy (non-hydrogen) atoms. The predicted octanol–water partition coefficient (Wildman–Crippen LogP) is 1.37. The molecule has 2 rings (SSSR count). The second-order valence-electron chi connectivity index (χ2n) is 4.75. The van der Waals surface area contributed by atoms with E-state index in [2.05, 4.69) is 0 Å². The van der Waals surface area contributed by atoms with Gasteiger partial charge in [-0.25, -0.2) is 0 Å². The highest BCUT2D eigenvalue weighted by Gasteiger charge is 2.58. The lowest BCUT2D eigenvalue weighted by molar-refractivity contribution is -0.162. The summed E-state index contributed by atoms with van der Waals surface area (Å²) in [6.45, 7) is 4.88. The summed E-state index contributed by atoms with van der Waals surface area (Å²) in [6.07, 6.45) is 2.03. The Morgan fingerprint density at radius 1 is 1.38 bits per heavy atom. The average Bonchev–Trinajstić information content (AvgIpc) is 2.44. The summed E-state index contributed by atoms with van der Waals surface area (Å²) >= 11 is 0. The van der Waals surface area contributed by atoms with Crippen LogP contribution in [0.4, 0.5) is 0 Å². The topological polar surface area (TPSA) is 36.9 Å². The molecule has 0 aromatic heterocycles. The molecule has 2 aliphatic rings. The average molecular weight is 230 g/mol. The Kier molecular flexibility index (Phi) is 3.54. The minimum atomic E-state index is -0.343. The van der Waals surface area contributed by atoms with Crippen LogP contribution < -0.4 is 0 Å². The van der Waals surface area contributed by atoms with E-state index in [1.165, 1.54) is 0 Å². The summed E-state index contributed by atoms with van der Waals surface area (Å²) in [5.41, 5.74) is -0.343. The van der Waals surface area contributed by atoms with Crippen LogP contribution in [0.25, 0.3) is 0 Å². The summed E-state index contributed by atoms with van der Waals surface area (Å²) in [5.74, 6) is 0. The van der Waals surface area contributed by atoms with Crippen molar-refractivity contribution in [2.75, 3.05) is 20.8 Å². The standard InChI is InChI=1S/C12H22O4/c1-8-10-11(14-4)12(16-8,9(2)13-3)6-5-7-15-10/h8-11H,5-7H2,1-4H3. The van der Waals surface area contributed by atoms with E-state index in [0.29, 0.717) is 0 Å². The molecule has 4 nitrogen and oxygen atoms in total. The van der Waals surface area contributed by atoms with Crippen molar-refractivity contribution >= 4 is 0 Å². The monoisotopic (exact) mass is 230 g/mol. The van der Waals surface area contributed by atoms with E-state index in [4.69, 9.17) is 18.9 Å². The molecule has 0 aromatic rings. The Morgan fingerprint density at radius 2 is 2.12 bits per heavy atom. The maximum Gasteiger partial charge on any atom is 0.123 e. The number of hydrogen-bond acceptors (Lipinski definition) is 4. The van der Waals surface area contributed by atoms with E-state index in [1.54, 1.807) is 14.2 Å². The van der Waals surface area contributed by atoms with Crippen LogP contribution in [0, 0.1) is 0 Å². The summed E-state index contributed by atoms with van der Waals surface area (Å²) < 4.78 is 23.1. The van der Waals surface area contributed by atoms with Crippen LogP contribution in [0.2, 0.25) is 0 Å². The fourth-order valence-electron chi connectivity index (χ4n) is 3.06. The van der Waals surface area contributed by atoms with Gasteiger partial charge in [-0.2, -0.15) is 0 Å². The Hall–Kier alpha value is -0.160. The minimum Gasteiger partial charge on any atom is -0.379 e. The van der Waals surface area contributed by atoms with Crippen molar-refractivity contribution in [1.29, 1.82) is 0 Å². The van der Waals surface area contributed by atoms with Crippen molar-refractivity contribution in [2.24, 2.45) is 0 Å². The second-order valence-corrected chi connectivity index (χ2v) is 4.75. The zero-order valence-electron chi connectivity index (χ0n) is 10.6. The molecule has 0 N–H and O–H groups in total. The van der Waals surface area contributed by atoms with Crippen LogP contribution in [0.1, 0.15) is 26.7 Å². The first-order valence-corrected chi connectivity index (χ1v) is 6.00. The van der Waals surface area contributed by atoms with Crippen molar-refractivity contribution < 1.29 is 18.9 Å². The molecule has 0 saturated carbocycles. The number of ether oxygens (including phenoxy) is 4. The van der Waals surface area contributed by atoms with Crippen molar-refractivity contribution in [2.45, 2.75) is 56.7 Å². The van der Waals surface area contributed by atoms with Crippen molar-refractivity contribution in [3.63, 3.8) is 0 Å². The molecule has 0 aliphatic carbocycles. The largest absolute Gasteiger partial charge is 0.379 e. The molecule has 2 saturated heterocycles. The van der Waals surface area contributed by atoms with E-state index in [9.17, 15) is 0 Å². The van der Waals surface area contributed by atoms with Gasteiger partial charge in [-0.15, -0.1) is 0 Å². The molecule has 2 heterocycles. The lowest BCUT2D eigenvalue weighted by Gasteiger charge is -2.37. The van der Waals surface area contributed by atoms with Gasteiger partial charge in [0.15, 0.2) is 0 Å². The highest BCUT2D eigenvalue weighted by Crippen LogP contribution is 2.43. The Labute approximate surface area is 97.2 Å². The molecule has 0 amide bonds. The number of rotatable bonds is 3. The first kappa shape index (κ1) is 12.3. The van der Waals surface area contributed by atoms with Gasteiger partial charge in [0, 0.05) is 20.8 Å². The SMILES string of the molecule is COC(C)C12CCCOC(C(C)O1)C2OC. The van der Waals surface area contributed by atoms with Crippen LogP contribution in [0.3, 0.4) is 0 Å². The quantitative estimate of drug-likeness (QED) is 0.734. The zero-order chi connectivity index (χ0) is 11.8. The van der Waals surface area contributed by atoms with Gasteiger partial charge in [0.25, 0.3) is 0 Å². The number of fused-ring (bicyclic) bond motifs is 2. The van der Waals surface area contributed by atoms with Crippen LogP contribution in [0.15, 0.2) is 0 Å². The molecular formula is C12H22O4. The molecule has 2 aliphatic heterocycles. The smallest absolute Gasteiger partial charge is 0.123 e. The molecule has 0 radical (unpaired) electrons. The van der Waals surface area contributed by atoms with E-state index in [-0.39, 0.29) is 30.0 Å². The van der Waals surface area contributed by atoms with Gasteiger partial charge >= 0.3 is 0 Å². The Balaban J connectivity index is 2.31. The first-order chi connectivity index (χ1) is 7.65. The molecule has 0 spiro atoms. The van der Waals surface area contributed by atoms with Gasteiger partial charge in [-0.3, -0.25) is 0 Å². The van der Waals surface area contributed by atoms with E-state index in [1.807, 2.05) is 13.8 Å². The molecule has 94 valence electrons. The van der Waals surface area contributed by atoms with Gasteiger partial charge in [-0.05, 0) is 26.7 Å². The zero-order valence-corrected chi connectivity index (χ0v) is 10.6. The summed E-state index contributed by atoms with van der Waals surface area (Å²) in [6, 6.07) is 0.